The number of aryl methyl sites for hydroxylation is 1. The molecule has 18 heavy (non-hydrogen) atoms. The second-order valence-electron chi connectivity index (χ2n) is 4.89. The number of carbonyl (C=O) groups excluding carboxylic acids is 1. The summed E-state index contributed by atoms with van der Waals surface area (Å²) in [5.74, 6) is 0.624. The average Bonchev–Trinajstić information content (AvgIpc) is 2.76. The highest BCUT2D eigenvalue weighted by Crippen LogP contribution is 2.15. The van der Waals surface area contributed by atoms with Crippen molar-refractivity contribution in [2.45, 2.75) is 26.2 Å². The Labute approximate surface area is 107 Å². The largest absolute Gasteiger partial charge is 0.331 e. The summed E-state index contributed by atoms with van der Waals surface area (Å²) in [6.45, 7) is 4.32. The minimum Gasteiger partial charge on any atom is -0.331 e. The highest BCUT2D eigenvalue weighted by Gasteiger charge is 2.10. The molecule has 0 unspecified atom stereocenters. The molecule has 0 aliphatic heterocycles. The van der Waals surface area contributed by atoms with Crippen LogP contribution in [0.25, 0.3) is 0 Å². The number of nitrogens with zero attached hydrogens (tertiary/aromatic N) is 2. The number of hydrogen-bond donors (Lipinski definition) is 0. The fourth-order valence-corrected chi connectivity index (χ4v) is 1.92. The van der Waals surface area contributed by atoms with Gasteiger partial charge in [0.1, 0.15) is 5.69 Å². The molecule has 0 fully saturated rings. The molecule has 1 heterocycles. The van der Waals surface area contributed by atoms with Crippen molar-refractivity contribution in [3.63, 3.8) is 0 Å². The van der Waals surface area contributed by atoms with Crippen LogP contribution in [-0.4, -0.2) is 15.3 Å². The van der Waals surface area contributed by atoms with Gasteiger partial charge in [0.05, 0.1) is 12.5 Å². The molecule has 0 radical (unpaired) electrons. The van der Waals surface area contributed by atoms with Crippen LogP contribution in [0.3, 0.4) is 0 Å². The van der Waals surface area contributed by atoms with E-state index < -0.39 is 0 Å². The van der Waals surface area contributed by atoms with E-state index in [1.165, 1.54) is 5.56 Å². The van der Waals surface area contributed by atoms with Crippen molar-refractivity contribution in [3.05, 3.63) is 53.6 Å². The molecule has 1 aromatic heterocycles. The summed E-state index contributed by atoms with van der Waals surface area (Å²) >= 11 is 0. The van der Waals surface area contributed by atoms with Gasteiger partial charge in [0.25, 0.3) is 0 Å². The molecule has 3 nitrogen and oxygen atoms in total. The van der Waals surface area contributed by atoms with Crippen molar-refractivity contribution < 1.29 is 4.79 Å². The molecule has 0 amide bonds. The molecule has 2 rings (SSSR count). The van der Waals surface area contributed by atoms with Crippen LogP contribution in [0, 0.1) is 0 Å². The first-order valence-electron chi connectivity index (χ1n) is 6.16. The highest BCUT2D eigenvalue weighted by molar-refractivity contribution is 5.95. The van der Waals surface area contributed by atoms with Crippen molar-refractivity contribution in [3.8, 4) is 0 Å². The zero-order chi connectivity index (χ0) is 13.1. The predicted molar refractivity (Wildman–Crippen MR) is 71.8 cm³/mol. The minimum absolute atomic E-state index is 0.104. The van der Waals surface area contributed by atoms with E-state index in [0.717, 1.165) is 5.56 Å². The molecule has 94 valence electrons. The van der Waals surface area contributed by atoms with Gasteiger partial charge < -0.3 is 4.57 Å². The van der Waals surface area contributed by atoms with Gasteiger partial charge in [0.15, 0.2) is 5.78 Å². The molecule has 3 heteroatoms. The topological polar surface area (TPSA) is 34.9 Å². The Balaban J connectivity index is 2.10. The Kier molecular flexibility index (Phi) is 3.60. The maximum absolute atomic E-state index is 12.1. The third-order valence-corrected chi connectivity index (χ3v) is 3.11. The summed E-state index contributed by atoms with van der Waals surface area (Å²) in [5.41, 5.74) is 3.00. The lowest BCUT2D eigenvalue weighted by Crippen LogP contribution is -2.08. The van der Waals surface area contributed by atoms with Gasteiger partial charge in [-0.1, -0.05) is 38.1 Å². The molecule has 0 N–H and O–H groups in total. The fraction of sp³-hybridized carbons (Fsp3) is 0.333. The van der Waals surface area contributed by atoms with Crippen molar-refractivity contribution in [1.82, 2.24) is 9.55 Å². The Morgan fingerprint density at radius 2 is 1.94 bits per heavy atom. The van der Waals surface area contributed by atoms with Crippen LogP contribution in [0.15, 0.2) is 36.8 Å². The molecule has 1 aromatic carbocycles. The van der Waals surface area contributed by atoms with E-state index in [1.807, 2.05) is 19.2 Å². The number of hydrogen-bond acceptors (Lipinski definition) is 2. The predicted octanol–water partition coefficient (Wildman–Crippen LogP) is 2.97. The van der Waals surface area contributed by atoms with Crippen LogP contribution in [0.5, 0.6) is 0 Å². The van der Waals surface area contributed by atoms with Gasteiger partial charge in [-0.2, -0.15) is 0 Å². The Bertz CT molecular complexity index is 538. The maximum Gasteiger partial charge on any atom is 0.185 e. The molecule has 0 saturated heterocycles. The van der Waals surface area contributed by atoms with E-state index in [4.69, 9.17) is 0 Å². The smallest absolute Gasteiger partial charge is 0.185 e. The number of Topliss-reactive ketones (excluding diaryl/α,β-unsaturated/α-hetero) is 1. The fourth-order valence-electron chi connectivity index (χ4n) is 1.92. The normalized spacial score (nSPS) is 10.9. The number of aromatic nitrogens is 2. The first kappa shape index (κ1) is 12.6. The third-order valence-electron chi connectivity index (χ3n) is 3.11. The van der Waals surface area contributed by atoms with Crippen molar-refractivity contribution in [1.29, 1.82) is 0 Å². The molecular formula is C15H18N2O. The van der Waals surface area contributed by atoms with Gasteiger partial charge >= 0.3 is 0 Å². The van der Waals surface area contributed by atoms with Crippen LogP contribution < -0.4 is 0 Å². The molecular weight excluding hydrogens is 224 g/mol. The van der Waals surface area contributed by atoms with Crippen LogP contribution in [0.1, 0.15) is 41.4 Å². The lowest BCUT2D eigenvalue weighted by molar-refractivity contribution is 0.0985. The number of carbonyl (C=O) groups is 1. The summed E-state index contributed by atoms with van der Waals surface area (Å²) in [6, 6.07) is 8.25. The first-order chi connectivity index (χ1) is 8.58. The van der Waals surface area contributed by atoms with E-state index >= 15 is 0 Å². The van der Waals surface area contributed by atoms with E-state index in [-0.39, 0.29) is 5.78 Å². The standard InChI is InChI=1S/C15H18N2O/c1-11(2)13-6-4-12(5-7-13)8-15(18)14-9-16-10-17(14)3/h4-7,9-11H,8H2,1-3H3. The van der Waals surface area contributed by atoms with E-state index in [9.17, 15) is 4.79 Å². The zero-order valence-electron chi connectivity index (χ0n) is 11.1. The van der Waals surface area contributed by atoms with Crippen LogP contribution >= 0.6 is 0 Å². The summed E-state index contributed by atoms with van der Waals surface area (Å²) in [5, 5.41) is 0. The molecule has 0 aliphatic carbocycles. The third kappa shape index (κ3) is 2.67. The molecule has 0 aliphatic rings. The van der Waals surface area contributed by atoms with Gasteiger partial charge in [-0.05, 0) is 17.0 Å². The average molecular weight is 242 g/mol. The first-order valence-corrected chi connectivity index (χ1v) is 6.16. The summed E-state index contributed by atoms with van der Waals surface area (Å²) in [6.07, 6.45) is 3.69. The monoisotopic (exact) mass is 242 g/mol. The van der Waals surface area contributed by atoms with E-state index in [0.29, 0.717) is 18.0 Å². The number of imidazole rings is 1. The van der Waals surface area contributed by atoms with Gasteiger partial charge in [0, 0.05) is 13.5 Å². The summed E-state index contributed by atoms with van der Waals surface area (Å²) < 4.78 is 1.75. The summed E-state index contributed by atoms with van der Waals surface area (Å²) in [7, 11) is 1.84. The molecule has 0 bridgehead atoms. The lowest BCUT2D eigenvalue weighted by Gasteiger charge is -2.06. The Morgan fingerprint density at radius 3 is 2.44 bits per heavy atom. The zero-order valence-corrected chi connectivity index (χ0v) is 11.1. The van der Waals surface area contributed by atoms with E-state index in [1.54, 1.807) is 17.1 Å². The number of ketones is 1. The molecule has 0 spiro atoms. The second kappa shape index (κ2) is 5.17. The number of rotatable bonds is 4. The Hall–Kier alpha value is -1.90. The van der Waals surface area contributed by atoms with Gasteiger partial charge in [-0.3, -0.25) is 4.79 Å². The van der Waals surface area contributed by atoms with Crippen molar-refractivity contribution >= 4 is 5.78 Å². The van der Waals surface area contributed by atoms with Crippen LogP contribution in [0.4, 0.5) is 0 Å². The van der Waals surface area contributed by atoms with Crippen LogP contribution in [-0.2, 0) is 13.5 Å². The summed E-state index contributed by atoms with van der Waals surface area (Å²) in [4.78, 5) is 16.0. The Morgan fingerprint density at radius 1 is 1.28 bits per heavy atom. The SMILES string of the molecule is CC(C)c1ccc(CC(=O)c2cncn2C)cc1. The maximum atomic E-state index is 12.1. The lowest BCUT2D eigenvalue weighted by atomic mass is 9.99. The van der Waals surface area contributed by atoms with Gasteiger partial charge in [0.2, 0.25) is 0 Å². The van der Waals surface area contributed by atoms with Gasteiger partial charge in [-0.25, -0.2) is 4.98 Å². The van der Waals surface area contributed by atoms with Crippen molar-refractivity contribution in [2.24, 2.45) is 7.05 Å². The van der Waals surface area contributed by atoms with Gasteiger partial charge in [-0.15, -0.1) is 0 Å². The highest BCUT2D eigenvalue weighted by atomic mass is 16.1. The minimum atomic E-state index is 0.104. The quantitative estimate of drug-likeness (QED) is 0.772. The molecule has 0 saturated carbocycles. The van der Waals surface area contributed by atoms with Crippen LogP contribution in [0.2, 0.25) is 0 Å². The van der Waals surface area contributed by atoms with E-state index in [2.05, 4.69) is 31.0 Å². The van der Waals surface area contributed by atoms with Crippen molar-refractivity contribution in [2.75, 3.05) is 0 Å². The number of benzene rings is 1. The molecule has 2 aromatic rings. The second-order valence-corrected chi connectivity index (χ2v) is 4.89. The molecule has 0 atom stereocenters.